The fourth-order valence-electron chi connectivity index (χ4n) is 2.67. The summed E-state index contributed by atoms with van der Waals surface area (Å²) >= 11 is 0. The number of carbonyl (C=O) groups is 1. The van der Waals surface area contributed by atoms with Crippen LogP contribution >= 0.6 is 0 Å². The van der Waals surface area contributed by atoms with Crippen molar-refractivity contribution in [1.29, 1.82) is 0 Å². The van der Waals surface area contributed by atoms with Gasteiger partial charge in [0.1, 0.15) is 5.75 Å². The number of sulfonamides is 1. The van der Waals surface area contributed by atoms with E-state index < -0.39 is 10.0 Å². The molecule has 146 valence electrons. The van der Waals surface area contributed by atoms with Crippen molar-refractivity contribution in [2.45, 2.75) is 25.7 Å². The van der Waals surface area contributed by atoms with Gasteiger partial charge in [-0.1, -0.05) is 0 Å². The van der Waals surface area contributed by atoms with Crippen LogP contribution < -0.4 is 19.7 Å². The third-order valence-corrected chi connectivity index (χ3v) is 5.42. The molecular formula is C19H25N3O4S. The first-order chi connectivity index (χ1) is 12.8. The van der Waals surface area contributed by atoms with Crippen molar-refractivity contribution in [2.24, 2.45) is 0 Å². The molecule has 0 fully saturated rings. The smallest absolute Gasteiger partial charge is 0.262 e. The van der Waals surface area contributed by atoms with Crippen molar-refractivity contribution in [2.75, 3.05) is 35.1 Å². The van der Waals surface area contributed by atoms with Gasteiger partial charge in [-0.3, -0.25) is 9.52 Å². The number of nitrogens with one attached hydrogen (secondary N) is 2. The third-order valence-electron chi connectivity index (χ3n) is 4.04. The minimum absolute atomic E-state index is 0.0428. The van der Waals surface area contributed by atoms with Crippen molar-refractivity contribution >= 4 is 33.0 Å². The van der Waals surface area contributed by atoms with Crippen molar-refractivity contribution in [1.82, 2.24) is 0 Å². The van der Waals surface area contributed by atoms with Gasteiger partial charge in [0.2, 0.25) is 5.91 Å². The van der Waals surface area contributed by atoms with Crippen LogP contribution in [0.25, 0.3) is 0 Å². The fraction of sp³-hybridized carbons (Fsp3) is 0.316. The number of anilines is 3. The van der Waals surface area contributed by atoms with E-state index in [0.29, 0.717) is 11.4 Å². The van der Waals surface area contributed by atoms with Crippen LogP contribution in [0.4, 0.5) is 17.1 Å². The van der Waals surface area contributed by atoms with E-state index in [1.807, 2.05) is 12.1 Å². The summed E-state index contributed by atoms with van der Waals surface area (Å²) in [5.74, 6) is 0.000260. The third kappa shape index (κ3) is 5.13. The summed E-state index contributed by atoms with van der Waals surface area (Å²) in [6.07, 6.45) is 0. The molecular weight excluding hydrogens is 366 g/mol. The lowest BCUT2D eigenvalue weighted by Gasteiger charge is -2.21. The maximum atomic E-state index is 12.7. The Morgan fingerprint density at radius 2 is 1.70 bits per heavy atom. The quantitative estimate of drug-likeness (QED) is 0.721. The van der Waals surface area contributed by atoms with Crippen LogP contribution in [0.5, 0.6) is 5.75 Å². The van der Waals surface area contributed by atoms with Crippen molar-refractivity contribution < 1.29 is 17.9 Å². The maximum Gasteiger partial charge on any atom is 0.262 e. The number of ether oxygens (including phenoxy) is 1. The Hall–Kier alpha value is -2.74. The summed E-state index contributed by atoms with van der Waals surface area (Å²) < 4.78 is 33.1. The van der Waals surface area contributed by atoms with Crippen LogP contribution in [0.2, 0.25) is 0 Å². The molecule has 1 amide bonds. The first-order valence-corrected chi connectivity index (χ1v) is 10.1. The Bertz CT molecular complexity index is 892. The van der Waals surface area contributed by atoms with Gasteiger partial charge in [-0.15, -0.1) is 0 Å². The van der Waals surface area contributed by atoms with Gasteiger partial charge in [-0.25, -0.2) is 8.42 Å². The molecule has 0 aliphatic heterocycles. The Morgan fingerprint density at radius 3 is 2.22 bits per heavy atom. The standard InChI is InChI=1S/C19H25N3O4S/c1-5-22(6-2)16-9-7-15(8-10-16)21-27(24,25)17-11-12-18(20-14(3)23)19(13-17)26-4/h7-13,21H,5-6H2,1-4H3,(H,20,23). The monoisotopic (exact) mass is 391 g/mol. The summed E-state index contributed by atoms with van der Waals surface area (Å²) in [5.41, 5.74) is 1.91. The van der Waals surface area contributed by atoms with E-state index >= 15 is 0 Å². The lowest BCUT2D eigenvalue weighted by Crippen LogP contribution is -2.21. The predicted octanol–water partition coefficient (Wildman–Crippen LogP) is 3.30. The molecule has 0 spiro atoms. The van der Waals surface area contributed by atoms with E-state index in [0.717, 1.165) is 18.8 Å². The number of amides is 1. The minimum Gasteiger partial charge on any atom is -0.495 e. The zero-order chi connectivity index (χ0) is 20.0. The van der Waals surface area contributed by atoms with Crippen LogP contribution in [0.3, 0.4) is 0 Å². The maximum absolute atomic E-state index is 12.7. The lowest BCUT2D eigenvalue weighted by molar-refractivity contribution is -0.114. The van der Waals surface area contributed by atoms with E-state index in [9.17, 15) is 13.2 Å². The van der Waals surface area contributed by atoms with E-state index in [2.05, 4.69) is 28.8 Å². The van der Waals surface area contributed by atoms with Crippen LogP contribution in [0, 0.1) is 0 Å². The van der Waals surface area contributed by atoms with Crippen LogP contribution in [0.1, 0.15) is 20.8 Å². The molecule has 2 aromatic rings. The highest BCUT2D eigenvalue weighted by Gasteiger charge is 2.17. The number of benzene rings is 2. The SMILES string of the molecule is CCN(CC)c1ccc(NS(=O)(=O)c2ccc(NC(C)=O)c(OC)c2)cc1. The average Bonchev–Trinajstić information content (AvgIpc) is 2.63. The van der Waals surface area contributed by atoms with Gasteiger partial charge in [0.25, 0.3) is 10.0 Å². The fourth-order valence-corrected chi connectivity index (χ4v) is 3.75. The molecule has 0 saturated carbocycles. The normalized spacial score (nSPS) is 11.0. The molecule has 2 aromatic carbocycles. The van der Waals surface area contributed by atoms with Gasteiger partial charge in [-0.05, 0) is 50.2 Å². The minimum atomic E-state index is -3.79. The largest absolute Gasteiger partial charge is 0.495 e. The van der Waals surface area contributed by atoms with Crippen LogP contribution in [-0.2, 0) is 14.8 Å². The van der Waals surface area contributed by atoms with Gasteiger partial charge < -0.3 is 15.0 Å². The van der Waals surface area contributed by atoms with Gasteiger partial charge in [0.15, 0.2) is 0 Å². The van der Waals surface area contributed by atoms with Crippen molar-refractivity contribution in [3.05, 3.63) is 42.5 Å². The van der Waals surface area contributed by atoms with Crippen molar-refractivity contribution in [3.63, 3.8) is 0 Å². The molecule has 0 unspecified atom stereocenters. The molecule has 0 aliphatic carbocycles. The average molecular weight is 391 g/mol. The number of nitrogens with zero attached hydrogens (tertiary/aromatic N) is 1. The molecule has 0 aliphatic rings. The van der Waals surface area contributed by atoms with E-state index in [1.54, 1.807) is 12.1 Å². The molecule has 7 nitrogen and oxygen atoms in total. The second-order valence-electron chi connectivity index (χ2n) is 5.87. The first-order valence-electron chi connectivity index (χ1n) is 8.64. The van der Waals surface area contributed by atoms with Gasteiger partial charge >= 0.3 is 0 Å². The molecule has 0 atom stereocenters. The van der Waals surface area contributed by atoms with Crippen molar-refractivity contribution in [3.8, 4) is 5.75 Å². The van der Waals surface area contributed by atoms with Gasteiger partial charge in [-0.2, -0.15) is 0 Å². The molecule has 8 heteroatoms. The molecule has 0 bridgehead atoms. The summed E-state index contributed by atoms with van der Waals surface area (Å²) in [4.78, 5) is 13.4. The topological polar surface area (TPSA) is 87.7 Å². The molecule has 0 saturated heterocycles. The Labute approximate surface area is 160 Å². The van der Waals surface area contributed by atoms with E-state index in [-0.39, 0.29) is 16.6 Å². The molecule has 2 N–H and O–H groups in total. The number of methoxy groups -OCH3 is 1. The number of carbonyl (C=O) groups excluding carboxylic acids is 1. The second kappa shape index (κ2) is 8.77. The molecule has 0 aromatic heterocycles. The van der Waals surface area contributed by atoms with Gasteiger partial charge in [0.05, 0.1) is 17.7 Å². The highest BCUT2D eigenvalue weighted by atomic mass is 32.2. The first kappa shape index (κ1) is 20.6. The Morgan fingerprint density at radius 1 is 1.07 bits per heavy atom. The number of rotatable bonds is 8. The zero-order valence-corrected chi connectivity index (χ0v) is 16.8. The molecule has 0 radical (unpaired) electrons. The van der Waals surface area contributed by atoms with E-state index in [4.69, 9.17) is 4.74 Å². The molecule has 2 rings (SSSR count). The van der Waals surface area contributed by atoms with Crippen LogP contribution in [0.15, 0.2) is 47.4 Å². The lowest BCUT2D eigenvalue weighted by atomic mass is 10.2. The Balaban J connectivity index is 2.24. The number of hydrogen-bond donors (Lipinski definition) is 2. The summed E-state index contributed by atoms with van der Waals surface area (Å²) in [7, 11) is -2.38. The highest BCUT2D eigenvalue weighted by molar-refractivity contribution is 7.92. The molecule has 0 heterocycles. The number of hydrogen-bond acceptors (Lipinski definition) is 5. The predicted molar refractivity (Wildman–Crippen MR) is 108 cm³/mol. The van der Waals surface area contributed by atoms with Crippen LogP contribution in [-0.4, -0.2) is 34.5 Å². The summed E-state index contributed by atoms with van der Waals surface area (Å²) in [5, 5.41) is 2.60. The Kier molecular flexibility index (Phi) is 6.68. The van der Waals surface area contributed by atoms with E-state index in [1.165, 1.54) is 32.2 Å². The van der Waals surface area contributed by atoms with Gasteiger partial charge in [0, 0.05) is 37.5 Å². The summed E-state index contributed by atoms with van der Waals surface area (Å²) in [6.45, 7) is 7.26. The summed E-state index contributed by atoms with van der Waals surface area (Å²) in [6, 6.07) is 11.5. The highest BCUT2D eigenvalue weighted by Crippen LogP contribution is 2.29. The zero-order valence-electron chi connectivity index (χ0n) is 15.9. The molecule has 27 heavy (non-hydrogen) atoms. The second-order valence-corrected chi connectivity index (χ2v) is 7.55.